The van der Waals surface area contributed by atoms with E-state index in [1.807, 2.05) is 18.2 Å². The molecular weight excluding hydrogens is 368 g/mol. The van der Waals surface area contributed by atoms with Gasteiger partial charge in [-0.05, 0) is 36.6 Å². The number of amides is 1. The van der Waals surface area contributed by atoms with Crippen LogP contribution in [0.2, 0.25) is 0 Å². The number of hydrogen-bond acceptors (Lipinski definition) is 5. The third kappa shape index (κ3) is 3.63. The molecule has 29 heavy (non-hydrogen) atoms. The normalized spacial score (nSPS) is 16.1. The highest BCUT2D eigenvalue weighted by Crippen LogP contribution is 2.32. The molecule has 3 aromatic rings. The van der Waals surface area contributed by atoms with Gasteiger partial charge in [0.1, 0.15) is 0 Å². The van der Waals surface area contributed by atoms with Crippen molar-refractivity contribution in [2.45, 2.75) is 18.9 Å². The molecule has 0 spiro atoms. The summed E-state index contributed by atoms with van der Waals surface area (Å²) in [5, 5.41) is 10.7. The number of rotatable bonds is 4. The summed E-state index contributed by atoms with van der Waals surface area (Å²) in [4.78, 5) is 14.8. The second-order valence-corrected chi connectivity index (χ2v) is 7.31. The maximum absolute atomic E-state index is 12.6. The number of fused-ring (bicyclic) bond motifs is 1. The monoisotopic (exact) mass is 390 g/mol. The van der Waals surface area contributed by atoms with E-state index in [0.29, 0.717) is 17.1 Å². The minimum atomic E-state index is -0.0760. The molecule has 0 bridgehead atoms. The topological polar surface area (TPSA) is 79.5 Å². The number of nitrogens with one attached hydrogen (secondary N) is 2. The van der Waals surface area contributed by atoms with Crippen LogP contribution in [0.15, 0.2) is 54.6 Å². The molecule has 148 valence electrons. The van der Waals surface area contributed by atoms with Gasteiger partial charge in [-0.2, -0.15) is 5.10 Å². The standard InChI is InChI=1S/C22H22N4O3/c27-22(16-6-7-19-20(12-16)29-14-28-19)23-17-8-10-26(11-9-17)21-13-18(24-25-21)15-4-2-1-3-5-15/h1-7,12-13,17H,8-11,14H2,(H,23,27)(H,24,25). The van der Waals surface area contributed by atoms with Gasteiger partial charge in [-0.3, -0.25) is 9.89 Å². The number of carbonyl (C=O) groups is 1. The molecule has 1 saturated heterocycles. The Labute approximate surface area is 168 Å². The van der Waals surface area contributed by atoms with E-state index in [0.717, 1.165) is 43.0 Å². The van der Waals surface area contributed by atoms with Crippen molar-refractivity contribution >= 4 is 11.7 Å². The predicted molar refractivity (Wildman–Crippen MR) is 109 cm³/mol. The molecule has 1 aromatic heterocycles. The van der Waals surface area contributed by atoms with E-state index in [4.69, 9.17) is 9.47 Å². The fraction of sp³-hybridized carbons (Fsp3) is 0.273. The zero-order valence-corrected chi connectivity index (χ0v) is 15.9. The van der Waals surface area contributed by atoms with Crippen LogP contribution >= 0.6 is 0 Å². The number of nitrogens with zero attached hydrogens (tertiary/aromatic N) is 2. The van der Waals surface area contributed by atoms with Gasteiger partial charge in [0.25, 0.3) is 5.91 Å². The van der Waals surface area contributed by atoms with Gasteiger partial charge in [0.2, 0.25) is 6.79 Å². The summed E-state index contributed by atoms with van der Waals surface area (Å²) in [5.41, 5.74) is 2.73. The van der Waals surface area contributed by atoms with Gasteiger partial charge in [0, 0.05) is 30.8 Å². The predicted octanol–water partition coefficient (Wildman–Crippen LogP) is 3.20. The molecule has 7 heteroatoms. The van der Waals surface area contributed by atoms with Crippen LogP contribution in [-0.2, 0) is 0 Å². The molecule has 2 aliphatic rings. The molecule has 2 N–H and O–H groups in total. The summed E-state index contributed by atoms with van der Waals surface area (Å²) in [6.45, 7) is 1.91. The zero-order chi connectivity index (χ0) is 19.6. The van der Waals surface area contributed by atoms with Crippen LogP contribution in [0.25, 0.3) is 11.3 Å². The number of aromatic amines is 1. The van der Waals surface area contributed by atoms with Crippen LogP contribution in [0.4, 0.5) is 5.82 Å². The van der Waals surface area contributed by atoms with Crippen LogP contribution in [0.5, 0.6) is 11.5 Å². The first kappa shape index (κ1) is 17.6. The molecule has 2 aromatic carbocycles. The highest BCUT2D eigenvalue weighted by molar-refractivity contribution is 5.95. The van der Waals surface area contributed by atoms with Crippen LogP contribution in [0.1, 0.15) is 23.2 Å². The number of anilines is 1. The number of benzene rings is 2. The van der Waals surface area contributed by atoms with Crippen molar-refractivity contribution in [1.82, 2.24) is 15.5 Å². The molecule has 2 aliphatic heterocycles. The van der Waals surface area contributed by atoms with Crippen LogP contribution in [-0.4, -0.2) is 42.0 Å². The number of H-pyrrole nitrogens is 1. The lowest BCUT2D eigenvalue weighted by Crippen LogP contribution is -2.44. The number of piperidine rings is 1. The second kappa shape index (κ2) is 7.50. The lowest BCUT2D eigenvalue weighted by atomic mass is 10.0. The minimum Gasteiger partial charge on any atom is -0.454 e. The lowest BCUT2D eigenvalue weighted by molar-refractivity contribution is 0.0930. The fourth-order valence-corrected chi connectivity index (χ4v) is 3.80. The van der Waals surface area contributed by atoms with E-state index in [1.54, 1.807) is 18.2 Å². The maximum Gasteiger partial charge on any atom is 0.251 e. The lowest BCUT2D eigenvalue weighted by Gasteiger charge is -2.32. The number of carbonyl (C=O) groups excluding carboxylic acids is 1. The van der Waals surface area contributed by atoms with Crippen LogP contribution in [0.3, 0.4) is 0 Å². The fourth-order valence-electron chi connectivity index (χ4n) is 3.80. The van der Waals surface area contributed by atoms with Gasteiger partial charge in [0.15, 0.2) is 17.3 Å². The number of aromatic nitrogens is 2. The smallest absolute Gasteiger partial charge is 0.251 e. The molecule has 0 unspecified atom stereocenters. The molecule has 7 nitrogen and oxygen atoms in total. The molecular formula is C22H22N4O3. The molecule has 0 aliphatic carbocycles. The highest BCUT2D eigenvalue weighted by atomic mass is 16.7. The third-order valence-corrected chi connectivity index (χ3v) is 5.44. The number of ether oxygens (including phenoxy) is 2. The zero-order valence-electron chi connectivity index (χ0n) is 15.9. The summed E-state index contributed by atoms with van der Waals surface area (Å²) in [5.74, 6) is 2.18. The van der Waals surface area contributed by atoms with Crippen LogP contribution in [0, 0.1) is 0 Å². The molecule has 5 rings (SSSR count). The SMILES string of the molecule is O=C(NC1CCN(c2cc(-c3ccccc3)[nH]n2)CC1)c1ccc2c(c1)OCO2. The van der Waals surface area contributed by atoms with E-state index >= 15 is 0 Å². The van der Waals surface area contributed by atoms with E-state index in [-0.39, 0.29) is 18.7 Å². The van der Waals surface area contributed by atoms with Crippen molar-refractivity contribution in [3.05, 3.63) is 60.2 Å². The molecule has 1 amide bonds. The van der Waals surface area contributed by atoms with Crippen molar-refractivity contribution in [2.75, 3.05) is 24.8 Å². The van der Waals surface area contributed by atoms with E-state index in [9.17, 15) is 4.79 Å². The van der Waals surface area contributed by atoms with Gasteiger partial charge < -0.3 is 19.7 Å². The third-order valence-electron chi connectivity index (χ3n) is 5.44. The van der Waals surface area contributed by atoms with Crippen LogP contribution < -0.4 is 19.7 Å². The molecule has 1 fully saturated rings. The summed E-state index contributed by atoms with van der Waals surface area (Å²) < 4.78 is 10.7. The Balaban J connectivity index is 1.18. The Morgan fingerprint density at radius 2 is 1.83 bits per heavy atom. The highest BCUT2D eigenvalue weighted by Gasteiger charge is 2.24. The average Bonchev–Trinajstić information content (AvgIpc) is 3.44. The Bertz CT molecular complexity index is 1010. The Morgan fingerprint density at radius 1 is 1.03 bits per heavy atom. The number of hydrogen-bond donors (Lipinski definition) is 2. The van der Waals surface area contributed by atoms with Gasteiger partial charge in [-0.15, -0.1) is 0 Å². The van der Waals surface area contributed by atoms with Crippen molar-refractivity contribution in [3.8, 4) is 22.8 Å². The first-order chi connectivity index (χ1) is 14.3. The van der Waals surface area contributed by atoms with Crippen molar-refractivity contribution in [1.29, 1.82) is 0 Å². The largest absolute Gasteiger partial charge is 0.454 e. The Kier molecular flexibility index (Phi) is 4.56. The molecule has 0 radical (unpaired) electrons. The van der Waals surface area contributed by atoms with Crippen molar-refractivity contribution in [3.63, 3.8) is 0 Å². The van der Waals surface area contributed by atoms with E-state index in [1.165, 1.54) is 0 Å². The Hall–Kier alpha value is -3.48. The van der Waals surface area contributed by atoms with Gasteiger partial charge in [-0.25, -0.2) is 0 Å². The van der Waals surface area contributed by atoms with E-state index < -0.39 is 0 Å². The first-order valence-electron chi connectivity index (χ1n) is 9.82. The van der Waals surface area contributed by atoms with E-state index in [2.05, 4.69) is 38.6 Å². The average molecular weight is 390 g/mol. The quantitative estimate of drug-likeness (QED) is 0.715. The summed E-state index contributed by atoms with van der Waals surface area (Å²) >= 11 is 0. The van der Waals surface area contributed by atoms with Crippen molar-refractivity contribution < 1.29 is 14.3 Å². The summed E-state index contributed by atoms with van der Waals surface area (Å²) in [6, 6.07) is 17.7. The molecule has 0 saturated carbocycles. The van der Waals surface area contributed by atoms with Gasteiger partial charge in [0.05, 0.1) is 5.69 Å². The maximum atomic E-state index is 12.6. The van der Waals surface area contributed by atoms with Gasteiger partial charge in [-0.1, -0.05) is 30.3 Å². The molecule has 3 heterocycles. The second-order valence-electron chi connectivity index (χ2n) is 7.31. The van der Waals surface area contributed by atoms with Crippen molar-refractivity contribution in [2.24, 2.45) is 0 Å². The Morgan fingerprint density at radius 3 is 2.66 bits per heavy atom. The summed E-state index contributed by atoms with van der Waals surface area (Å²) in [7, 11) is 0. The molecule has 0 atom stereocenters. The minimum absolute atomic E-state index is 0.0760. The first-order valence-corrected chi connectivity index (χ1v) is 9.82. The summed E-state index contributed by atoms with van der Waals surface area (Å²) in [6.07, 6.45) is 1.76. The van der Waals surface area contributed by atoms with Gasteiger partial charge >= 0.3 is 0 Å².